The molecule has 0 amide bonds. The van der Waals surface area contributed by atoms with Gasteiger partial charge in [-0.2, -0.15) is 4.98 Å². The second kappa shape index (κ2) is 4.23. The zero-order valence-corrected chi connectivity index (χ0v) is 10.3. The number of aromatic nitrogens is 3. The minimum atomic E-state index is 0.134. The lowest BCUT2D eigenvalue weighted by Crippen LogP contribution is -1.81. The Hall–Kier alpha value is -2.21. The molecule has 2 aromatic heterocycles. The van der Waals surface area contributed by atoms with Gasteiger partial charge < -0.3 is 9.63 Å². The van der Waals surface area contributed by atoms with E-state index in [0.29, 0.717) is 17.3 Å². The van der Waals surface area contributed by atoms with Crippen molar-refractivity contribution in [1.29, 1.82) is 0 Å². The maximum absolute atomic E-state index is 9.85. The van der Waals surface area contributed by atoms with Gasteiger partial charge in [0.2, 0.25) is 5.82 Å². The van der Waals surface area contributed by atoms with Crippen molar-refractivity contribution in [3.8, 4) is 27.9 Å². The Morgan fingerprint density at radius 2 is 2.22 bits per heavy atom. The highest BCUT2D eigenvalue weighted by atomic mass is 32.1. The molecule has 0 saturated heterocycles. The Balaban J connectivity index is 2.03. The summed E-state index contributed by atoms with van der Waals surface area (Å²) in [4.78, 5) is 9.03. The van der Waals surface area contributed by atoms with E-state index in [9.17, 15) is 5.11 Å². The van der Waals surface area contributed by atoms with Crippen LogP contribution in [0.25, 0.3) is 22.2 Å². The van der Waals surface area contributed by atoms with E-state index in [1.165, 1.54) is 11.3 Å². The van der Waals surface area contributed by atoms with Crippen LogP contribution < -0.4 is 0 Å². The van der Waals surface area contributed by atoms with Crippen molar-refractivity contribution in [2.45, 2.75) is 6.92 Å². The molecule has 18 heavy (non-hydrogen) atoms. The minimum absolute atomic E-state index is 0.134. The quantitative estimate of drug-likeness (QED) is 0.766. The van der Waals surface area contributed by atoms with Crippen molar-refractivity contribution < 1.29 is 9.63 Å². The van der Waals surface area contributed by atoms with Crippen LogP contribution in [-0.2, 0) is 0 Å². The Morgan fingerprint density at radius 1 is 1.33 bits per heavy atom. The molecule has 0 saturated carbocycles. The molecule has 0 bridgehead atoms. The third-order valence-electron chi connectivity index (χ3n) is 2.46. The first-order valence-corrected chi connectivity index (χ1v) is 6.14. The third kappa shape index (κ3) is 1.86. The van der Waals surface area contributed by atoms with E-state index in [1.54, 1.807) is 23.8 Å². The zero-order valence-electron chi connectivity index (χ0n) is 9.49. The first-order chi connectivity index (χ1) is 8.74. The molecule has 0 aliphatic heterocycles. The SMILES string of the molecule is Cc1ccc(-c2nc(-c3cncs3)no2)c(O)c1. The largest absolute Gasteiger partial charge is 0.507 e. The van der Waals surface area contributed by atoms with E-state index in [4.69, 9.17) is 4.52 Å². The molecular formula is C12H9N3O2S. The van der Waals surface area contributed by atoms with Crippen LogP contribution in [0, 0.1) is 6.92 Å². The number of hydrogen-bond donors (Lipinski definition) is 1. The van der Waals surface area contributed by atoms with Crippen LogP contribution in [-0.4, -0.2) is 20.2 Å². The Labute approximate surface area is 107 Å². The van der Waals surface area contributed by atoms with Gasteiger partial charge in [-0.15, -0.1) is 11.3 Å². The Kier molecular flexibility index (Phi) is 2.56. The summed E-state index contributed by atoms with van der Waals surface area (Å²) in [5, 5.41) is 13.7. The van der Waals surface area contributed by atoms with Crippen LogP contribution in [0.5, 0.6) is 5.75 Å². The maximum Gasteiger partial charge on any atom is 0.262 e. The average Bonchev–Trinajstić information content (AvgIpc) is 2.99. The predicted molar refractivity (Wildman–Crippen MR) is 67.2 cm³/mol. The second-order valence-corrected chi connectivity index (χ2v) is 4.70. The average molecular weight is 259 g/mol. The molecule has 0 radical (unpaired) electrons. The molecule has 1 N–H and O–H groups in total. The molecule has 90 valence electrons. The number of thiazole rings is 1. The summed E-state index contributed by atoms with van der Waals surface area (Å²) < 4.78 is 5.15. The molecular weight excluding hydrogens is 250 g/mol. The zero-order chi connectivity index (χ0) is 12.5. The van der Waals surface area contributed by atoms with E-state index >= 15 is 0 Å². The van der Waals surface area contributed by atoms with Crippen LogP contribution in [0.1, 0.15) is 5.56 Å². The van der Waals surface area contributed by atoms with Crippen molar-refractivity contribution >= 4 is 11.3 Å². The van der Waals surface area contributed by atoms with E-state index in [2.05, 4.69) is 15.1 Å². The van der Waals surface area contributed by atoms with Crippen molar-refractivity contribution in [2.24, 2.45) is 0 Å². The summed E-state index contributed by atoms with van der Waals surface area (Å²) in [6.45, 7) is 1.90. The summed E-state index contributed by atoms with van der Waals surface area (Å²) in [5.74, 6) is 0.915. The first kappa shape index (κ1) is 10.9. The highest BCUT2D eigenvalue weighted by Gasteiger charge is 2.14. The van der Waals surface area contributed by atoms with Gasteiger partial charge in [-0.25, -0.2) is 0 Å². The first-order valence-electron chi connectivity index (χ1n) is 5.26. The molecule has 6 heteroatoms. The van der Waals surface area contributed by atoms with Crippen LogP contribution >= 0.6 is 11.3 Å². The van der Waals surface area contributed by atoms with Crippen LogP contribution in [0.3, 0.4) is 0 Å². The van der Waals surface area contributed by atoms with Gasteiger partial charge in [-0.3, -0.25) is 4.98 Å². The minimum Gasteiger partial charge on any atom is -0.507 e. The van der Waals surface area contributed by atoms with E-state index in [1.807, 2.05) is 13.0 Å². The molecule has 0 aliphatic carbocycles. The molecule has 0 fully saturated rings. The normalized spacial score (nSPS) is 10.7. The summed E-state index contributed by atoms with van der Waals surface area (Å²) in [6.07, 6.45) is 1.67. The molecule has 0 spiro atoms. The van der Waals surface area contributed by atoms with Gasteiger partial charge in [0.15, 0.2) is 0 Å². The summed E-state index contributed by atoms with van der Waals surface area (Å²) in [5.41, 5.74) is 3.21. The van der Waals surface area contributed by atoms with Gasteiger partial charge in [0.25, 0.3) is 5.89 Å². The van der Waals surface area contributed by atoms with Gasteiger partial charge in [-0.05, 0) is 24.6 Å². The highest BCUT2D eigenvalue weighted by Crippen LogP contribution is 2.30. The Morgan fingerprint density at radius 3 is 2.94 bits per heavy atom. The van der Waals surface area contributed by atoms with Gasteiger partial charge >= 0.3 is 0 Å². The van der Waals surface area contributed by atoms with Crippen molar-refractivity contribution in [3.05, 3.63) is 35.5 Å². The predicted octanol–water partition coefficient (Wildman–Crippen LogP) is 2.87. The number of aromatic hydroxyl groups is 1. The van der Waals surface area contributed by atoms with E-state index in [-0.39, 0.29) is 5.75 Å². The van der Waals surface area contributed by atoms with Gasteiger partial charge in [-0.1, -0.05) is 11.2 Å². The van der Waals surface area contributed by atoms with Crippen LogP contribution in [0.15, 0.2) is 34.4 Å². The number of hydrogen-bond acceptors (Lipinski definition) is 6. The molecule has 5 nitrogen and oxygen atoms in total. The van der Waals surface area contributed by atoms with Crippen LogP contribution in [0.2, 0.25) is 0 Å². The maximum atomic E-state index is 9.85. The molecule has 2 heterocycles. The summed E-state index contributed by atoms with van der Waals surface area (Å²) in [7, 11) is 0. The number of aryl methyl sites for hydroxylation is 1. The van der Waals surface area contributed by atoms with Crippen LogP contribution in [0.4, 0.5) is 0 Å². The lowest BCUT2D eigenvalue weighted by atomic mass is 10.1. The second-order valence-electron chi connectivity index (χ2n) is 3.81. The topological polar surface area (TPSA) is 72.0 Å². The molecule has 0 atom stereocenters. The van der Waals surface area contributed by atoms with Gasteiger partial charge in [0.1, 0.15) is 5.75 Å². The molecule has 3 rings (SSSR count). The highest BCUT2D eigenvalue weighted by molar-refractivity contribution is 7.13. The lowest BCUT2D eigenvalue weighted by Gasteiger charge is -1.99. The van der Waals surface area contributed by atoms with Gasteiger partial charge in [0.05, 0.1) is 16.0 Å². The Bertz CT molecular complexity index is 676. The fourth-order valence-corrected chi connectivity index (χ4v) is 2.13. The van der Waals surface area contributed by atoms with Crippen molar-refractivity contribution in [2.75, 3.05) is 0 Å². The molecule has 1 aromatic carbocycles. The standard InChI is InChI=1S/C12H9N3O2S/c1-7-2-3-8(9(16)4-7)12-14-11(15-17-12)10-5-13-6-18-10/h2-6,16H,1H3. The summed E-state index contributed by atoms with van der Waals surface area (Å²) in [6, 6.07) is 5.30. The fraction of sp³-hybridized carbons (Fsp3) is 0.0833. The number of nitrogens with zero attached hydrogens (tertiary/aromatic N) is 3. The van der Waals surface area contributed by atoms with Gasteiger partial charge in [0, 0.05) is 6.20 Å². The number of phenolic OH excluding ortho intramolecular Hbond substituents is 1. The molecule has 3 aromatic rings. The summed E-state index contributed by atoms with van der Waals surface area (Å²) >= 11 is 1.43. The van der Waals surface area contributed by atoms with E-state index in [0.717, 1.165) is 10.4 Å². The van der Waals surface area contributed by atoms with Crippen molar-refractivity contribution in [1.82, 2.24) is 15.1 Å². The van der Waals surface area contributed by atoms with Crippen molar-refractivity contribution in [3.63, 3.8) is 0 Å². The molecule has 0 unspecified atom stereocenters. The lowest BCUT2D eigenvalue weighted by molar-refractivity contribution is 0.426. The monoisotopic (exact) mass is 259 g/mol. The number of rotatable bonds is 2. The van der Waals surface area contributed by atoms with E-state index < -0.39 is 0 Å². The smallest absolute Gasteiger partial charge is 0.262 e. The third-order valence-corrected chi connectivity index (χ3v) is 3.23. The molecule has 0 aliphatic rings. The number of benzene rings is 1. The number of phenols is 1. The fourth-order valence-electron chi connectivity index (χ4n) is 1.58.